The number of methoxy groups -OCH3 is 1. The first kappa shape index (κ1) is 24.7. The Morgan fingerprint density at radius 2 is 1.81 bits per heavy atom. The highest BCUT2D eigenvalue weighted by atomic mass is 16.5. The molecule has 0 aliphatic heterocycles. The maximum absolute atomic E-state index is 12.7. The number of nitrogens with one attached hydrogen (secondary N) is 2. The lowest BCUT2D eigenvalue weighted by atomic mass is 10.1. The first-order valence-corrected chi connectivity index (χ1v) is 10.1. The summed E-state index contributed by atoms with van der Waals surface area (Å²) in [4.78, 5) is 35.8. The van der Waals surface area contributed by atoms with Crippen molar-refractivity contribution < 1.29 is 33.7 Å². The van der Waals surface area contributed by atoms with E-state index in [1.54, 1.807) is 19.1 Å². The largest absolute Gasteiger partial charge is 0.490 e. The minimum Gasteiger partial charge on any atom is -0.490 e. The van der Waals surface area contributed by atoms with E-state index in [9.17, 15) is 14.4 Å². The number of rotatable bonds is 12. The summed E-state index contributed by atoms with van der Waals surface area (Å²) in [7, 11) is 1.54. The Hall–Kier alpha value is -3.59. The van der Waals surface area contributed by atoms with Gasteiger partial charge in [0, 0.05) is 19.3 Å². The Labute approximate surface area is 186 Å². The maximum Gasteiger partial charge on any atom is 0.411 e. The molecule has 0 heterocycles. The highest BCUT2D eigenvalue weighted by Crippen LogP contribution is 2.23. The van der Waals surface area contributed by atoms with Gasteiger partial charge in [-0.2, -0.15) is 0 Å². The molecule has 1 atom stereocenters. The second-order valence-electron chi connectivity index (χ2n) is 7.02. The number of anilines is 1. The van der Waals surface area contributed by atoms with Crippen LogP contribution in [0.4, 0.5) is 10.5 Å². The Bertz CT molecular complexity index is 902. The number of ether oxygens (including phenoxy) is 3. The van der Waals surface area contributed by atoms with Crippen LogP contribution >= 0.6 is 0 Å². The molecule has 172 valence electrons. The fraction of sp³-hybridized carbons (Fsp3) is 0.348. The van der Waals surface area contributed by atoms with Crippen LogP contribution in [-0.2, 0) is 20.9 Å². The number of carbonyl (C=O) groups excluding carboxylic acids is 2. The Kier molecular flexibility index (Phi) is 9.99. The molecule has 0 aliphatic carbocycles. The molecule has 0 aromatic heterocycles. The molecule has 0 saturated carbocycles. The standard InChI is InChI=1S/C23H28N2O7/c1-16(22(27)28)10-11-24-21(26)19-14-18(8-9-20(19)31-13-12-30-2)25-23(29)32-15-17-6-4-3-5-7-17/h3-9,14,16H,10-13,15H2,1-2H3,(H,24,26)(H,25,29)(H,27,28). The van der Waals surface area contributed by atoms with E-state index in [1.807, 2.05) is 30.3 Å². The van der Waals surface area contributed by atoms with Gasteiger partial charge in [-0.15, -0.1) is 0 Å². The topological polar surface area (TPSA) is 123 Å². The van der Waals surface area contributed by atoms with Crippen LogP contribution in [0.5, 0.6) is 5.75 Å². The molecule has 0 bridgehead atoms. The summed E-state index contributed by atoms with van der Waals surface area (Å²) < 4.78 is 15.8. The third-order valence-electron chi connectivity index (χ3n) is 4.51. The molecule has 9 nitrogen and oxygen atoms in total. The zero-order valence-corrected chi connectivity index (χ0v) is 18.1. The number of carboxylic acids is 1. The number of hydrogen-bond donors (Lipinski definition) is 3. The highest BCUT2D eigenvalue weighted by molar-refractivity contribution is 5.99. The SMILES string of the molecule is COCCOc1ccc(NC(=O)OCc2ccccc2)cc1C(=O)NCCC(C)C(=O)O. The van der Waals surface area contributed by atoms with E-state index in [-0.39, 0.29) is 31.7 Å². The van der Waals surface area contributed by atoms with Gasteiger partial charge in [0.25, 0.3) is 5.91 Å². The van der Waals surface area contributed by atoms with Gasteiger partial charge in [-0.05, 0) is 30.2 Å². The van der Waals surface area contributed by atoms with Crippen LogP contribution in [0.3, 0.4) is 0 Å². The van der Waals surface area contributed by atoms with Gasteiger partial charge in [0.15, 0.2) is 0 Å². The van der Waals surface area contributed by atoms with Crippen molar-refractivity contribution in [1.82, 2.24) is 5.32 Å². The molecule has 0 radical (unpaired) electrons. The maximum atomic E-state index is 12.7. The van der Waals surface area contributed by atoms with E-state index >= 15 is 0 Å². The van der Waals surface area contributed by atoms with E-state index < -0.39 is 23.9 Å². The van der Waals surface area contributed by atoms with Crippen molar-refractivity contribution in [1.29, 1.82) is 0 Å². The van der Waals surface area contributed by atoms with Gasteiger partial charge in [-0.25, -0.2) is 4.79 Å². The van der Waals surface area contributed by atoms with Crippen LogP contribution in [0.1, 0.15) is 29.3 Å². The third-order valence-corrected chi connectivity index (χ3v) is 4.51. The summed E-state index contributed by atoms with van der Waals surface area (Å²) in [6, 6.07) is 13.9. The van der Waals surface area contributed by atoms with Gasteiger partial charge in [0.2, 0.25) is 0 Å². The van der Waals surface area contributed by atoms with E-state index in [2.05, 4.69) is 10.6 Å². The van der Waals surface area contributed by atoms with Crippen molar-refractivity contribution in [3.8, 4) is 5.75 Å². The summed E-state index contributed by atoms with van der Waals surface area (Å²) in [5.74, 6) is -1.64. The number of benzene rings is 2. The van der Waals surface area contributed by atoms with Crippen LogP contribution in [0.15, 0.2) is 48.5 Å². The first-order chi connectivity index (χ1) is 15.4. The zero-order valence-electron chi connectivity index (χ0n) is 18.1. The first-order valence-electron chi connectivity index (χ1n) is 10.1. The van der Waals surface area contributed by atoms with Crippen molar-refractivity contribution in [3.05, 3.63) is 59.7 Å². The fourth-order valence-electron chi connectivity index (χ4n) is 2.64. The predicted octanol–water partition coefficient (Wildman–Crippen LogP) is 3.30. The molecule has 0 saturated heterocycles. The molecule has 0 fully saturated rings. The zero-order chi connectivity index (χ0) is 23.3. The number of aliphatic carboxylic acids is 1. The summed E-state index contributed by atoms with van der Waals surface area (Å²) in [6.07, 6.45) is -0.381. The van der Waals surface area contributed by atoms with Gasteiger partial charge in [-0.1, -0.05) is 37.3 Å². The predicted molar refractivity (Wildman–Crippen MR) is 118 cm³/mol. The quantitative estimate of drug-likeness (QED) is 0.429. The Morgan fingerprint density at radius 3 is 2.50 bits per heavy atom. The molecule has 2 rings (SSSR count). The second kappa shape index (κ2) is 13.0. The minimum absolute atomic E-state index is 0.111. The summed E-state index contributed by atoms with van der Waals surface area (Å²) >= 11 is 0. The van der Waals surface area contributed by atoms with E-state index in [4.69, 9.17) is 19.3 Å². The molecule has 1 unspecified atom stereocenters. The minimum atomic E-state index is -0.928. The van der Waals surface area contributed by atoms with Gasteiger partial charge in [-0.3, -0.25) is 14.9 Å². The van der Waals surface area contributed by atoms with Gasteiger partial charge >= 0.3 is 12.1 Å². The van der Waals surface area contributed by atoms with E-state index in [1.165, 1.54) is 13.2 Å². The number of carboxylic acid groups (broad SMARTS) is 1. The summed E-state index contributed by atoms with van der Waals surface area (Å²) in [6.45, 7) is 2.43. The smallest absolute Gasteiger partial charge is 0.411 e. The van der Waals surface area contributed by atoms with Crippen molar-refractivity contribution in [2.24, 2.45) is 5.92 Å². The molecular formula is C23H28N2O7. The second-order valence-corrected chi connectivity index (χ2v) is 7.02. The van der Waals surface area contributed by atoms with Gasteiger partial charge < -0.3 is 24.6 Å². The average Bonchev–Trinajstić information content (AvgIpc) is 2.79. The lowest BCUT2D eigenvalue weighted by Gasteiger charge is -2.14. The lowest BCUT2D eigenvalue weighted by molar-refractivity contribution is -0.141. The van der Waals surface area contributed by atoms with Crippen LogP contribution in [0, 0.1) is 5.92 Å². The molecular weight excluding hydrogens is 416 g/mol. The van der Waals surface area contributed by atoms with Crippen LogP contribution in [-0.4, -0.2) is 49.9 Å². The van der Waals surface area contributed by atoms with Gasteiger partial charge in [0.1, 0.15) is 19.0 Å². The normalized spacial score (nSPS) is 11.3. The third kappa shape index (κ3) is 8.27. The molecule has 9 heteroatoms. The summed E-state index contributed by atoms with van der Waals surface area (Å²) in [5.41, 5.74) is 1.40. The Balaban J connectivity index is 2.03. The molecule has 32 heavy (non-hydrogen) atoms. The van der Waals surface area contributed by atoms with Crippen molar-refractivity contribution in [3.63, 3.8) is 0 Å². The van der Waals surface area contributed by atoms with Crippen molar-refractivity contribution in [2.75, 3.05) is 32.2 Å². The van der Waals surface area contributed by atoms with Crippen molar-refractivity contribution in [2.45, 2.75) is 20.0 Å². The molecule has 0 spiro atoms. The monoisotopic (exact) mass is 444 g/mol. The van der Waals surface area contributed by atoms with Crippen LogP contribution in [0.2, 0.25) is 0 Å². The Morgan fingerprint density at radius 1 is 1.06 bits per heavy atom. The number of amides is 2. The van der Waals surface area contributed by atoms with Gasteiger partial charge in [0.05, 0.1) is 18.1 Å². The fourth-order valence-corrected chi connectivity index (χ4v) is 2.64. The average molecular weight is 444 g/mol. The molecule has 2 aromatic carbocycles. The molecule has 2 amide bonds. The number of hydrogen-bond acceptors (Lipinski definition) is 6. The highest BCUT2D eigenvalue weighted by Gasteiger charge is 2.16. The lowest BCUT2D eigenvalue weighted by Crippen LogP contribution is -2.27. The number of carbonyl (C=O) groups is 3. The van der Waals surface area contributed by atoms with E-state index in [0.717, 1.165) is 5.56 Å². The van der Waals surface area contributed by atoms with Crippen LogP contribution in [0.25, 0.3) is 0 Å². The van der Waals surface area contributed by atoms with Crippen molar-refractivity contribution >= 4 is 23.7 Å². The van der Waals surface area contributed by atoms with Crippen LogP contribution < -0.4 is 15.4 Å². The molecule has 2 aromatic rings. The van der Waals surface area contributed by atoms with E-state index in [0.29, 0.717) is 18.0 Å². The molecule has 0 aliphatic rings. The molecule has 3 N–H and O–H groups in total. The summed E-state index contributed by atoms with van der Waals surface area (Å²) in [5, 5.41) is 14.2.